The van der Waals surface area contributed by atoms with Gasteiger partial charge in [0.05, 0.1) is 5.39 Å². The summed E-state index contributed by atoms with van der Waals surface area (Å²) in [4.78, 5) is 28.1. The van der Waals surface area contributed by atoms with Crippen LogP contribution in [-0.4, -0.2) is 53.6 Å². The van der Waals surface area contributed by atoms with Gasteiger partial charge in [-0.25, -0.2) is 9.97 Å². The van der Waals surface area contributed by atoms with Crippen LogP contribution in [0.15, 0.2) is 30.6 Å². The summed E-state index contributed by atoms with van der Waals surface area (Å²) in [5, 5.41) is 1.12. The van der Waals surface area contributed by atoms with Gasteiger partial charge in [-0.15, -0.1) is 11.3 Å². The van der Waals surface area contributed by atoms with Crippen molar-refractivity contribution in [1.82, 2.24) is 14.9 Å². The first-order valence-electron chi connectivity index (χ1n) is 10.0. The van der Waals surface area contributed by atoms with Gasteiger partial charge in [0.15, 0.2) is 6.61 Å². The van der Waals surface area contributed by atoms with Gasteiger partial charge in [-0.3, -0.25) is 4.79 Å². The van der Waals surface area contributed by atoms with Gasteiger partial charge in [0.25, 0.3) is 5.91 Å². The lowest BCUT2D eigenvalue weighted by molar-refractivity contribution is -0.133. The molecule has 1 aliphatic rings. The second-order valence-electron chi connectivity index (χ2n) is 7.34. The highest BCUT2D eigenvalue weighted by Crippen LogP contribution is 2.31. The molecule has 7 heteroatoms. The summed E-state index contributed by atoms with van der Waals surface area (Å²) in [6.45, 7) is 9.16. The Balaban J connectivity index is 1.37. The van der Waals surface area contributed by atoms with Crippen molar-refractivity contribution in [2.45, 2.75) is 27.2 Å². The number of fused-ring (bicyclic) bond motifs is 1. The van der Waals surface area contributed by atoms with Gasteiger partial charge in [-0.2, -0.15) is 0 Å². The summed E-state index contributed by atoms with van der Waals surface area (Å²) in [5.74, 6) is 1.79. The minimum atomic E-state index is 0.0298. The van der Waals surface area contributed by atoms with Gasteiger partial charge in [0.2, 0.25) is 0 Å². The highest BCUT2D eigenvalue weighted by atomic mass is 32.1. The van der Waals surface area contributed by atoms with E-state index in [2.05, 4.69) is 27.9 Å². The molecule has 1 amide bonds. The van der Waals surface area contributed by atoms with Crippen LogP contribution in [0.5, 0.6) is 5.75 Å². The largest absolute Gasteiger partial charge is 0.483 e. The van der Waals surface area contributed by atoms with E-state index in [1.165, 1.54) is 10.4 Å². The number of nitrogens with zero attached hydrogens (tertiary/aromatic N) is 4. The van der Waals surface area contributed by atoms with Gasteiger partial charge in [0.1, 0.15) is 22.7 Å². The van der Waals surface area contributed by atoms with Gasteiger partial charge in [0, 0.05) is 31.1 Å². The van der Waals surface area contributed by atoms with Crippen molar-refractivity contribution in [3.63, 3.8) is 0 Å². The van der Waals surface area contributed by atoms with Crippen molar-refractivity contribution in [2.24, 2.45) is 0 Å². The molecule has 0 aliphatic carbocycles. The number of carbonyl (C=O) groups excluding carboxylic acids is 1. The third-order valence-corrected chi connectivity index (χ3v) is 6.73. The molecule has 0 spiro atoms. The van der Waals surface area contributed by atoms with Crippen molar-refractivity contribution in [1.29, 1.82) is 0 Å². The fraction of sp³-hybridized carbons (Fsp3) is 0.409. The van der Waals surface area contributed by atoms with E-state index in [4.69, 9.17) is 4.74 Å². The summed E-state index contributed by atoms with van der Waals surface area (Å²) >= 11 is 1.73. The van der Waals surface area contributed by atoms with Crippen LogP contribution in [0.4, 0.5) is 5.82 Å². The number of aromatic nitrogens is 2. The number of hydrogen-bond acceptors (Lipinski definition) is 6. The van der Waals surface area contributed by atoms with Gasteiger partial charge >= 0.3 is 0 Å². The molecular formula is C22H26N4O2S. The van der Waals surface area contributed by atoms with Crippen molar-refractivity contribution in [3.8, 4) is 5.75 Å². The number of anilines is 1. The van der Waals surface area contributed by atoms with E-state index in [9.17, 15) is 4.79 Å². The number of thiophene rings is 1. The van der Waals surface area contributed by atoms with Crippen molar-refractivity contribution < 1.29 is 9.53 Å². The quantitative estimate of drug-likeness (QED) is 0.643. The Morgan fingerprint density at radius 2 is 1.97 bits per heavy atom. The van der Waals surface area contributed by atoms with E-state index in [0.29, 0.717) is 13.1 Å². The van der Waals surface area contributed by atoms with Gasteiger partial charge < -0.3 is 14.5 Å². The zero-order valence-corrected chi connectivity index (χ0v) is 18.0. The number of carbonyl (C=O) groups is 1. The van der Waals surface area contributed by atoms with Crippen molar-refractivity contribution in [3.05, 3.63) is 46.6 Å². The molecule has 1 saturated heterocycles. The lowest BCUT2D eigenvalue weighted by Crippen LogP contribution is -2.50. The molecule has 3 aromatic rings. The van der Waals surface area contributed by atoms with Crippen molar-refractivity contribution >= 4 is 33.3 Å². The molecule has 0 bridgehead atoms. The zero-order valence-electron chi connectivity index (χ0n) is 17.1. The maximum atomic E-state index is 12.6. The van der Waals surface area contributed by atoms with E-state index in [1.54, 1.807) is 17.7 Å². The van der Waals surface area contributed by atoms with E-state index < -0.39 is 0 Å². The monoisotopic (exact) mass is 410 g/mol. The maximum absolute atomic E-state index is 12.6. The first kappa shape index (κ1) is 19.6. The number of benzene rings is 1. The van der Waals surface area contributed by atoms with Crippen LogP contribution in [-0.2, 0) is 11.2 Å². The Kier molecular flexibility index (Phi) is 5.67. The fourth-order valence-electron chi connectivity index (χ4n) is 3.60. The molecule has 1 aromatic carbocycles. The third-order valence-electron chi connectivity index (χ3n) is 5.55. The summed E-state index contributed by atoms with van der Waals surface area (Å²) < 4.78 is 5.79. The molecular weight excluding hydrogens is 384 g/mol. The first-order valence-corrected chi connectivity index (χ1v) is 10.8. The van der Waals surface area contributed by atoms with E-state index in [-0.39, 0.29) is 12.5 Å². The summed E-state index contributed by atoms with van der Waals surface area (Å²) in [6, 6.07) is 8.12. The maximum Gasteiger partial charge on any atom is 0.260 e. The molecule has 0 N–H and O–H groups in total. The molecule has 4 rings (SSSR count). The summed E-state index contributed by atoms with van der Waals surface area (Å²) in [7, 11) is 0. The van der Waals surface area contributed by atoms with Crippen LogP contribution in [0.3, 0.4) is 0 Å². The van der Waals surface area contributed by atoms with Gasteiger partial charge in [-0.05, 0) is 43.5 Å². The number of rotatable bonds is 5. The highest BCUT2D eigenvalue weighted by Gasteiger charge is 2.24. The van der Waals surface area contributed by atoms with Crippen LogP contribution < -0.4 is 9.64 Å². The summed E-state index contributed by atoms with van der Waals surface area (Å²) in [6.07, 6.45) is 2.65. The lowest BCUT2D eigenvalue weighted by Gasteiger charge is -2.35. The number of aryl methyl sites for hydroxylation is 2. The normalized spacial score (nSPS) is 14.4. The molecule has 3 heterocycles. The van der Waals surface area contributed by atoms with E-state index in [0.717, 1.165) is 46.9 Å². The molecule has 1 fully saturated rings. The molecule has 29 heavy (non-hydrogen) atoms. The van der Waals surface area contributed by atoms with Gasteiger partial charge in [-0.1, -0.05) is 19.1 Å². The van der Waals surface area contributed by atoms with Crippen LogP contribution >= 0.6 is 11.3 Å². The molecule has 0 unspecified atom stereocenters. The standard InChI is InChI=1S/C22H26N4O2S/c1-4-17-12-18-21(23-14-24-22(18)29-17)26-10-8-25(9-11-26)20(27)13-28-19-7-5-6-15(2)16(19)3/h5-7,12,14H,4,8-11,13H2,1-3H3. The Morgan fingerprint density at radius 1 is 1.17 bits per heavy atom. The van der Waals surface area contributed by atoms with E-state index >= 15 is 0 Å². The Morgan fingerprint density at radius 3 is 2.72 bits per heavy atom. The zero-order chi connectivity index (χ0) is 20.4. The van der Waals surface area contributed by atoms with Crippen LogP contribution in [0, 0.1) is 13.8 Å². The molecule has 0 saturated carbocycles. The van der Waals surface area contributed by atoms with Crippen LogP contribution in [0.1, 0.15) is 22.9 Å². The van der Waals surface area contributed by atoms with Crippen LogP contribution in [0.2, 0.25) is 0 Å². The molecule has 1 aliphatic heterocycles. The first-order chi connectivity index (χ1) is 14.1. The number of piperazine rings is 1. The van der Waals surface area contributed by atoms with Crippen LogP contribution in [0.25, 0.3) is 10.2 Å². The molecule has 0 atom stereocenters. The number of ether oxygens (including phenoxy) is 1. The third kappa shape index (κ3) is 4.05. The average Bonchev–Trinajstić information content (AvgIpc) is 3.18. The molecule has 6 nitrogen and oxygen atoms in total. The minimum Gasteiger partial charge on any atom is -0.483 e. The molecule has 2 aromatic heterocycles. The predicted molar refractivity (Wildman–Crippen MR) is 117 cm³/mol. The Labute approximate surface area is 175 Å². The Hall–Kier alpha value is -2.67. The molecule has 152 valence electrons. The lowest BCUT2D eigenvalue weighted by atomic mass is 10.1. The predicted octanol–water partition coefficient (Wildman–Crippen LogP) is 3.60. The smallest absolute Gasteiger partial charge is 0.260 e. The van der Waals surface area contributed by atoms with E-state index in [1.807, 2.05) is 36.9 Å². The van der Waals surface area contributed by atoms with Crippen molar-refractivity contribution in [2.75, 3.05) is 37.7 Å². The second kappa shape index (κ2) is 8.37. The topological polar surface area (TPSA) is 58.6 Å². The minimum absolute atomic E-state index is 0.0298. The number of amides is 1. The summed E-state index contributed by atoms with van der Waals surface area (Å²) in [5.41, 5.74) is 2.25. The SMILES string of the molecule is CCc1cc2c(N3CCN(C(=O)COc4cccc(C)c4C)CC3)ncnc2s1. The number of hydrogen-bond donors (Lipinski definition) is 0. The molecule has 0 radical (unpaired) electrons. The fourth-order valence-corrected chi connectivity index (χ4v) is 4.53. The highest BCUT2D eigenvalue weighted by molar-refractivity contribution is 7.18. The second-order valence-corrected chi connectivity index (χ2v) is 8.45. The Bertz CT molecular complexity index is 1020. The average molecular weight is 411 g/mol.